The lowest BCUT2D eigenvalue weighted by atomic mass is 10.1. The molecule has 0 saturated carbocycles. The number of anilines is 1. The van der Waals surface area contributed by atoms with Crippen LogP contribution in [-0.4, -0.2) is 32.3 Å². The first kappa shape index (κ1) is 24.5. The van der Waals surface area contributed by atoms with Crippen LogP contribution >= 0.6 is 11.8 Å². The van der Waals surface area contributed by atoms with Crippen LogP contribution in [0, 0.1) is 13.8 Å². The van der Waals surface area contributed by atoms with E-state index in [0.29, 0.717) is 23.1 Å². The third kappa shape index (κ3) is 6.01. The first-order valence-corrected chi connectivity index (χ1v) is 12.1. The molecule has 0 aliphatic carbocycles. The molecule has 0 bridgehead atoms. The number of hydrogen-bond donors (Lipinski definition) is 2. The number of benzene rings is 2. The van der Waals surface area contributed by atoms with Gasteiger partial charge in [-0.25, -0.2) is 0 Å². The molecule has 0 spiro atoms. The van der Waals surface area contributed by atoms with Crippen molar-refractivity contribution in [2.75, 3.05) is 11.1 Å². The number of aryl methyl sites for hydroxylation is 3. The van der Waals surface area contributed by atoms with Gasteiger partial charge >= 0.3 is 0 Å². The number of amides is 2. The van der Waals surface area contributed by atoms with Crippen molar-refractivity contribution in [3.05, 3.63) is 70.5 Å². The quantitative estimate of drug-likeness (QED) is 0.447. The van der Waals surface area contributed by atoms with Crippen molar-refractivity contribution in [1.29, 1.82) is 0 Å². The van der Waals surface area contributed by atoms with Gasteiger partial charge in [0.15, 0.2) is 11.0 Å². The van der Waals surface area contributed by atoms with Crippen molar-refractivity contribution >= 4 is 29.3 Å². The van der Waals surface area contributed by atoms with Gasteiger partial charge in [0, 0.05) is 17.8 Å². The summed E-state index contributed by atoms with van der Waals surface area (Å²) in [6, 6.07) is 13.1. The van der Waals surface area contributed by atoms with Gasteiger partial charge in [0.1, 0.15) is 0 Å². The zero-order chi connectivity index (χ0) is 24.0. The lowest BCUT2D eigenvalue weighted by molar-refractivity contribution is -0.113. The molecule has 174 valence electrons. The molecule has 1 heterocycles. The maximum absolute atomic E-state index is 12.6. The predicted molar refractivity (Wildman–Crippen MR) is 133 cm³/mol. The second-order valence-electron chi connectivity index (χ2n) is 7.95. The monoisotopic (exact) mass is 465 g/mol. The van der Waals surface area contributed by atoms with Gasteiger partial charge in [-0.2, -0.15) is 0 Å². The van der Waals surface area contributed by atoms with E-state index in [1.54, 1.807) is 12.1 Å². The Balaban J connectivity index is 1.65. The average molecular weight is 466 g/mol. The Bertz CT molecular complexity index is 1120. The van der Waals surface area contributed by atoms with Crippen molar-refractivity contribution in [1.82, 2.24) is 20.1 Å². The molecule has 2 amide bonds. The molecule has 2 aromatic carbocycles. The summed E-state index contributed by atoms with van der Waals surface area (Å²) in [5, 5.41) is 15.3. The second-order valence-corrected chi connectivity index (χ2v) is 8.89. The summed E-state index contributed by atoms with van der Waals surface area (Å²) >= 11 is 1.34. The van der Waals surface area contributed by atoms with E-state index < -0.39 is 0 Å². The fraction of sp³-hybridized carbons (Fsp3) is 0.360. The Labute approximate surface area is 199 Å². The van der Waals surface area contributed by atoms with Crippen LogP contribution in [0.5, 0.6) is 0 Å². The molecule has 0 saturated heterocycles. The number of nitrogens with one attached hydrogen (secondary N) is 2. The summed E-state index contributed by atoms with van der Waals surface area (Å²) in [7, 11) is 0. The van der Waals surface area contributed by atoms with Gasteiger partial charge in [-0.1, -0.05) is 54.6 Å². The van der Waals surface area contributed by atoms with Crippen molar-refractivity contribution in [2.45, 2.75) is 58.8 Å². The lowest BCUT2D eigenvalue weighted by Crippen LogP contribution is -2.28. The number of rotatable bonds is 9. The molecule has 8 heteroatoms. The zero-order valence-corrected chi connectivity index (χ0v) is 20.6. The molecule has 33 heavy (non-hydrogen) atoms. The number of carbonyl (C=O) groups excluding carboxylic acids is 2. The average Bonchev–Trinajstić information content (AvgIpc) is 3.22. The number of hydrogen-bond acceptors (Lipinski definition) is 5. The van der Waals surface area contributed by atoms with E-state index in [4.69, 9.17) is 0 Å². The topological polar surface area (TPSA) is 88.9 Å². The standard InChI is InChI=1S/C25H31N5O2S/c1-6-19-10-8-9-17(4)22(19)27-21(31)15-33-25-29-28-23(30(25)7-2)18(5)26-24(32)20-13-11-16(3)12-14-20/h8-14,18H,6-7,15H2,1-5H3,(H,26,32)(H,27,31)/t18-/m1/s1. The van der Waals surface area contributed by atoms with Gasteiger partial charge in [0.25, 0.3) is 5.91 Å². The van der Waals surface area contributed by atoms with E-state index in [9.17, 15) is 9.59 Å². The summed E-state index contributed by atoms with van der Waals surface area (Å²) in [5.41, 5.74) is 4.75. The first-order chi connectivity index (χ1) is 15.8. The number of carbonyl (C=O) groups is 2. The maximum atomic E-state index is 12.6. The predicted octanol–water partition coefficient (Wildman–Crippen LogP) is 4.70. The highest BCUT2D eigenvalue weighted by atomic mass is 32.2. The molecule has 1 aromatic heterocycles. The van der Waals surface area contributed by atoms with Crippen molar-refractivity contribution < 1.29 is 9.59 Å². The summed E-state index contributed by atoms with van der Waals surface area (Å²) in [6.07, 6.45) is 0.851. The van der Waals surface area contributed by atoms with Gasteiger partial charge in [-0.05, 0) is 57.4 Å². The SMILES string of the molecule is CCc1cccc(C)c1NC(=O)CSc1nnc([C@@H](C)NC(=O)c2ccc(C)cc2)n1CC. The van der Waals surface area contributed by atoms with E-state index in [1.807, 2.05) is 62.6 Å². The summed E-state index contributed by atoms with van der Waals surface area (Å²) in [6.45, 7) is 10.6. The Kier molecular flexibility index (Phi) is 8.27. The minimum Gasteiger partial charge on any atom is -0.342 e. The molecule has 3 aromatic rings. The molecular weight excluding hydrogens is 434 g/mol. The smallest absolute Gasteiger partial charge is 0.251 e. The van der Waals surface area contributed by atoms with E-state index >= 15 is 0 Å². The normalized spacial score (nSPS) is 11.8. The van der Waals surface area contributed by atoms with Crippen LogP contribution in [0.2, 0.25) is 0 Å². The zero-order valence-electron chi connectivity index (χ0n) is 19.8. The van der Waals surface area contributed by atoms with Gasteiger partial charge in [-0.15, -0.1) is 10.2 Å². The Morgan fingerprint density at radius 1 is 1.06 bits per heavy atom. The second kappa shape index (κ2) is 11.1. The van der Waals surface area contributed by atoms with Crippen LogP contribution in [0.3, 0.4) is 0 Å². The molecule has 0 aliphatic heterocycles. The van der Waals surface area contributed by atoms with Crippen LogP contribution in [-0.2, 0) is 17.8 Å². The molecule has 1 atom stereocenters. The van der Waals surface area contributed by atoms with Crippen LogP contribution < -0.4 is 10.6 Å². The van der Waals surface area contributed by atoms with Crippen LogP contribution in [0.25, 0.3) is 0 Å². The third-order valence-electron chi connectivity index (χ3n) is 5.45. The molecular formula is C25H31N5O2S. The Morgan fingerprint density at radius 3 is 2.45 bits per heavy atom. The van der Waals surface area contributed by atoms with Crippen LogP contribution in [0.1, 0.15) is 59.7 Å². The first-order valence-electron chi connectivity index (χ1n) is 11.2. The lowest BCUT2D eigenvalue weighted by Gasteiger charge is -2.15. The third-order valence-corrected chi connectivity index (χ3v) is 6.41. The molecule has 2 N–H and O–H groups in total. The minimum atomic E-state index is -0.325. The fourth-order valence-electron chi connectivity index (χ4n) is 3.58. The van der Waals surface area contributed by atoms with E-state index in [2.05, 4.69) is 27.8 Å². The summed E-state index contributed by atoms with van der Waals surface area (Å²) < 4.78 is 1.93. The Morgan fingerprint density at radius 2 is 1.79 bits per heavy atom. The number of thioether (sulfide) groups is 1. The van der Waals surface area contributed by atoms with Gasteiger partial charge in [0.2, 0.25) is 5.91 Å². The largest absolute Gasteiger partial charge is 0.342 e. The number of para-hydroxylation sites is 1. The molecule has 0 aliphatic rings. The van der Waals surface area contributed by atoms with Crippen molar-refractivity contribution in [3.63, 3.8) is 0 Å². The van der Waals surface area contributed by atoms with E-state index in [1.165, 1.54) is 11.8 Å². The van der Waals surface area contributed by atoms with Crippen LogP contribution in [0.4, 0.5) is 5.69 Å². The molecule has 7 nitrogen and oxygen atoms in total. The summed E-state index contributed by atoms with van der Waals surface area (Å²) in [4.78, 5) is 25.2. The highest BCUT2D eigenvalue weighted by molar-refractivity contribution is 7.99. The number of aromatic nitrogens is 3. The molecule has 0 fully saturated rings. The summed E-state index contributed by atoms with van der Waals surface area (Å²) in [5.74, 6) is 0.636. The van der Waals surface area contributed by atoms with Gasteiger partial charge in [0.05, 0.1) is 11.8 Å². The highest BCUT2D eigenvalue weighted by Crippen LogP contribution is 2.24. The van der Waals surface area contributed by atoms with Crippen LogP contribution in [0.15, 0.2) is 47.6 Å². The molecule has 0 radical (unpaired) electrons. The minimum absolute atomic E-state index is 0.0862. The molecule has 3 rings (SSSR count). The van der Waals surface area contributed by atoms with E-state index in [-0.39, 0.29) is 23.6 Å². The van der Waals surface area contributed by atoms with Crippen molar-refractivity contribution in [3.8, 4) is 0 Å². The van der Waals surface area contributed by atoms with Gasteiger partial charge < -0.3 is 15.2 Å². The Hall–Kier alpha value is -3.13. The van der Waals surface area contributed by atoms with Gasteiger partial charge in [-0.3, -0.25) is 9.59 Å². The molecule has 0 unspecified atom stereocenters. The highest BCUT2D eigenvalue weighted by Gasteiger charge is 2.20. The maximum Gasteiger partial charge on any atom is 0.251 e. The number of nitrogens with zero attached hydrogens (tertiary/aromatic N) is 3. The fourth-order valence-corrected chi connectivity index (χ4v) is 4.39. The van der Waals surface area contributed by atoms with E-state index in [0.717, 1.165) is 28.8 Å². The van der Waals surface area contributed by atoms with Crippen molar-refractivity contribution in [2.24, 2.45) is 0 Å².